The molecule has 1 fully saturated rings. The summed E-state index contributed by atoms with van der Waals surface area (Å²) in [5.74, 6) is 0.801. The van der Waals surface area contributed by atoms with Crippen LogP contribution in [0.15, 0.2) is 42.2 Å². The van der Waals surface area contributed by atoms with E-state index < -0.39 is 11.9 Å². The zero-order valence-electron chi connectivity index (χ0n) is 19.4. The number of benzene rings is 1. The summed E-state index contributed by atoms with van der Waals surface area (Å²) in [5.41, 5.74) is 2.00. The molecule has 178 valence electrons. The molecule has 0 bridgehead atoms. The Hall–Kier alpha value is -3.63. The summed E-state index contributed by atoms with van der Waals surface area (Å²) in [6.07, 6.45) is 3.16. The Labute approximate surface area is 202 Å². The number of carbonyl (C=O) groups is 2. The molecule has 11 heteroatoms. The molecule has 3 heterocycles. The molecule has 1 aromatic carbocycles. The number of halogens is 1. The van der Waals surface area contributed by atoms with Crippen LogP contribution in [0, 0.1) is 5.41 Å². The number of hydrogen-bond donors (Lipinski definition) is 4. The van der Waals surface area contributed by atoms with E-state index >= 15 is 0 Å². The van der Waals surface area contributed by atoms with Gasteiger partial charge in [-0.3, -0.25) is 10.1 Å². The summed E-state index contributed by atoms with van der Waals surface area (Å²) in [4.78, 5) is 30.4. The van der Waals surface area contributed by atoms with Gasteiger partial charge in [0.15, 0.2) is 5.65 Å². The average Bonchev–Trinajstić information content (AvgIpc) is 3.28. The molecule has 3 amide bonds. The van der Waals surface area contributed by atoms with Crippen molar-refractivity contribution in [2.45, 2.75) is 13.8 Å². The van der Waals surface area contributed by atoms with Crippen molar-refractivity contribution in [1.29, 1.82) is 0 Å². The van der Waals surface area contributed by atoms with E-state index in [2.05, 4.69) is 45.1 Å². The molecule has 10 nitrogen and oxygen atoms in total. The summed E-state index contributed by atoms with van der Waals surface area (Å²) >= 11 is 6.14. The van der Waals surface area contributed by atoms with Crippen LogP contribution in [0.25, 0.3) is 11.7 Å². The molecular formula is C23H27ClN8O2. The van der Waals surface area contributed by atoms with E-state index in [9.17, 15) is 9.59 Å². The van der Waals surface area contributed by atoms with Crippen molar-refractivity contribution in [3.63, 3.8) is 0 Å². The van der Waals surface area contributed by atoms with Crippen LogP contribution in [0.5, 0.6) is 0 Å². The quantitative estimate of drug-likeness (QED) is 0.287. The Kier molecular flexibility index (Phi) is 6.45. The van der Waals surface area contributed by atoms with E-state index in [-0.39, 0.29) is 11.1 Å². The second kappa shape index (κ2) is 9.32. The first kappa shape index (κ1) is 23.5. The third-order valence-corrected chi connectivity index (χ3v) is 5.34. The highest BCUT2D eigenvalue weighted by Gasteiger charge is 2.24. The number of fused-ring (bicyclic) bond motifs is 1. The number of rotatable bonds is 8. The van der Waals surface area contributed by atoms with Gasteiger partial charge in [-0.2, -0.15) is 9.61 Å². The first-order chi connectivity index (χ1) is 16.1. The molecule has 4 rings (SSSR count). The fraction of sp³-hybridized carbons (Fsp3) is 0.304. The number of urea groups is 1. The molecule has 34 heavy (non-hydrogen) atoms. The Morgan fingerprint density at radius 3 is 2.68 bits per heavy atom. The van der Waals surface area contributed by atoms with Gasteiger partial charge in [0.1, 0.15) is 17.3 Å². The number of nitrogens with zero attached hydrogens (tertiary/aromatic N) is 4. The minimum atomic E-state index is -0.561. The summed E-state index contributed by atoms with van der Waals surface area (Å²) in [6.45, 7) is 5.95. The SMILES string of the molecule is CN(C)CC(C)(C)CNc1cc(Nc2cccc(Cl)c2)nc2c(C=C3NC(=O)NC3=O)cnn12. The Balaban J connectivity index is 1.73. The molecular weight excluding hydrogens is 456 g/mol. The Bertz CT molecular complexity index is 1280. The maximum atomic E-state index is 12.0. The number of nitrogens with one attached hydrogen (secondary N) is 4. The van der Waals surface area contributed by atoms with Gasteiger partial charge in [0, 0.05) is 35.4 Å². The molecule has 3 aromatic rings. The fourth-order valence-electron chi connectivity index (χ4n) is 3.87. The van der Waals surface area contributed by atoms with Gasteiger partial charge in [-0.25, -0.2) is 9.78 Å². The standard InChI is InChI=1S/C23H27ClN8O2/c1-23(2,13-31(3)4)12-25-19-10-18(27-16-7-5-6-15(24)9-16)29-20-14(11-26-32(19)20)8-17-21(33)30-22(34)28-17/h5-11,25H,12-13H2,1-4H3,(H,27,29)(H2,28,30,33,34). The van der Waals surface area contributed by atoms with E-state index in [1.807, 2.05) is 32.3 Å². The van der Waals surface area contributed by atoms with Crippen molar-refractivity contribution >= 4 is 52.6 Å². The van der Waals surface area contributed by atoms with E-state index in [0.717, 1.165) is 18.1 Å². The first-order valence-electron chi connectivity index (χ1n) is 10.7. The van der Waals surface area contributed by atoms with Gasteiger partial charge in [-0.15, -0.1) is 0 Å². The predicted octanol–water partition coefficient (Wildman–Crippen LogP) is 3.31. The van der Waals surface area contributed by atoms with Gasteiger partial charge in [0.25, 0.3) is 5.91 Å². The van der Waals surface area contributed by atoms with Crippen LogP contribution in [0.4, 0.5) is 22.1 Å². The largest absolute Gasteiger partial charge is 0.369 e. The van der Waals surface area contributed by atoms with Crippen molar-refractivity contribution in [2.75, 3.05) is 37.8 Å². The second-order valence-electron chi connectivity index (χ2n) is 9.22. The van der Waals surface area contributed by atoms with E-state index in [1.54, 1.807) is 28.9 Å². The summed E-state index contributed by atoms with van der Waals surface area (Å²) in [5, 5.41) is 16.5. The van der Waals surface area contributed by atoms with E-state index in [0.29, 0.717) is 28.6 Å². The van der Waals surface area contributed by atoms with Crippen LogP contribution in [-0.4, -0.2) is 58.6 Å². The first-order valence-corrected chi connectivity index (χ1v) is 11.1. The molecule has 0 radical (unpaired) electrons. The predicted molar refractivity (Wildman–Crippen MR) is 133 cm³/mol. The summed E-state index contributed by atoms with van der Waals surface area (Å²) < 4.78 is 1.68. The van der Waals surface area contributed by atoms with Gasteiger partial charge in [-0.05, 0) is 43.8 Å². The third kappa shape index (κ3) is 5.46. The number of anilines is 3. The van der Waals surface area contributed by atoms with Gasteiger partial charge in [-0.1, -0.05) is 31.5 Å². The minimum absolute atomic E-state index is 0.0101. The Morgan fingerprint density at radius 2 is 2.00 bits per heavy atom. The lowest BCUT2D eigenvalue weighted by atomic mass is 9.93. The lowest BCUT2D eigenvalue weighted by Gasteiger charge is -2.29. The maximum absolute atomic E-state index is 12.0. The highest BCUT2D eigenvalue weighted by Crippen LogP contribution is 2.26. The lowest BCUT2D eigenvalue weighted by Crippen LogP contribution is -2.34. The van der Waals surface area contributed by atoms with Crippen LogP contribution in [0.2, 0.25) is 5.02 Å². The van der Waals surface area contributed by atoms with Crippen molar-refractivity contribution in [3.8, 4) is 0 Å². The zero-order valence-corrected chi connectivity index (χ0v) is 20.2. The van der Waals surface area contributed by atoms with Crippen molar-refractivity contribution in [3.05, 3.63) is 52.8 Å². The van der Waals surface area contributed by atoms with E-state index in [4.69, 9.17) is 16.6 Å². The normalized spacial score (nSPS) is 15.2. The second-order valence-corrected chi connectivity index (χ2v) is 9.66. The number of carbonyl (C=O) groups excluding carboxylic acids is 2. The fourth-order valence-corrected chi connectivity index (χ4v) is 4.06. The molecule has 1 aliphatic rings. The van der Waals surface area contributed by atoms with E-state index in [1.165, 1.54) is 0 Å². The lowest BCUT2D eigenvalue weighted by molar-refractivity contribution is -0.115. The molecule has 0 spiro atoms. The van der Waals surface area contributed by atoms with Gasteiger partial charge < -0.3 is 20.9 Å². The molecule has 0 atom stereocenters. The zero-order chi connectivity index (χ0) is 24.5. The van der Waals surface area contributed by atoms with Crippen molar-refractivity contribution in [1.82, 2.24) is 30.1 Å². The van der Waals surface area contributed by atoms with Gasteiger partial charge >= 0.3 is 6.03 Å². The molecule has 1 aliphatic heterocycles. The Morgan fingerprint density at radius 1 is 1.21 bits per heavy atom. The minimum Gasteiger partial charge on any atom is -0.369 e. The van der Waals surface area contributed by atoms with Gasteiger partial charge in [0.2, 0.25) is 0 Å². The molecule has 0 aliphatic carbocycles. The highest BCUT2D eigenvalue weighted by atomic mass is 35.5. The van der Waals surface area contributed by atoms with Crippen LogP contribution in [0.3, 0.4) is 0 Å². The van der Waals surface area contributed by atoms with Crippen molar-refractivity contribution in [2.24, 2.45) is 5.41 Å². The molecule has 0 unspecified atom stereocenters. The summed E-state index contributed by atoms with van der Waals surface area (Å²) in [7, 11) is 4.09. The smallest absolute Gasteiger partial charge is 0.326 e. The topological polar surface area (TPSA) is 116 Å². The number of hydrogen-bond acceptors (Lipinski definition) is 7. The van der Waals surface area contributed by atoms with Gasteiger partial charge in [0.05, 0.1) is 6.20 Å². The highest BCUT2D eigenvalue weighted by molar-refractivity contribution is 6.30. The molecule has 4 N–H and O–H groups in total. The monoisotopic (exact) mass is 482 g/mol. The van der Waals surface area contributed by atoms with Crippen LogP contribution in [0.1, 0.15) is 19.4 Å². The average molecular weight is 483 g/mol. The third-order valence-electron chi connectivity index (χ3n) is 5.11. The van der Waals surface area contributed by atoms with Crippen LogP contribution < -0.4 is 21.3 Å². The molecule has 0 saturated carbocycles. The van der Waals surface area contributed by atoms with Crippen LogP contribution in [-0.2, 0) is 4.79 Å². The van der Waals surface area contributed by atoms with Crippen LogP contribution >= 0.6 is 11.6 Å². The summed E-state index contributed by atoms with van der Waals surface area (Å²) in [6, 6.07) is 8.65. The molecule has 1 saturated heterocycles. The van der Waals surface area contributed by atoms with Crippen molar-refractivity contribution < 1.29 is 9.59 Å². The maximum Gasteiger partial charge on any atom is 0.326 e. The number of amides is 3. The number of aromatic nitrogens is 3. The molecule has 2 aromatic heterocycles. The number of imide groups is 1.